The Balaban J connectivity index is 2.08. The first kappa shape index (κ1) is 14.7. The molecule has 1 spiro atoms. The van der Waals surface area contributed by atoms with E-state index >= 15 is 0 Å². The lowest BCUT2D eigenvalue weighted by molar-refractivity contribution is -0.151. The van der Waals surface area contributed by atoms with E-state index < -0.39 is 37.0 Å². The molecule has 2 rings (SSSR count). The van der Waals surface area contributed by atoms with Gasteiger partial charge in [0.1, 0.15) is 12.1 Å². The number of nitrogens with two attached hydrogens (primary N) is 1. The Labute approximate surface area is 149 Å². The van der Waals surface area contributed by atoms with Crippen LogP contribution in [0.15, 0.2) is 4.99 Å². The van der Waals surface area contributed by atoms with E-state index in [-0.39, 0.29) is 6.42 Å². The Morgan fingerprint density at radius 2 is 1.67 bits per heavy atom. The van der Waals surface area contributed by atoms with Crippen molar-refractivity contribution in [3.05, 3.63) is 0 Å². The molecule has 6 nitrogen and oxygen atoms in total. The summed E-state index contributed by atoms with van der Waals surface area (Å²) in [5, 5.41) is 0. The Hall–Kier alpha value is -1.59. The van der Waals surface area contributed by atoms with Gasteiger partial charge in [0.15, 0.2) is 5.96 Å². The summed E-state index contributed by atoms with van der Waals surface area (Å²) in [7, 11) is 0. The van der Waals surface area contributed by atoms with Gasteiger partial charge >= 0.3 is 5.97 Å². The van der Waals surface area contributed by atoms with Crippen LogP contribution in [0.5, 0.6) is 0 Å². The fourth-order valence-electron chi connectivity index (χ4n) is 3.05. The fourth-order valence-corrected chi connectivity index (χ4v) is 3.05. The van der Waals surface area contributed by atoms with Crippen LogP contribution in [0.4, 0.5) is 0 Å². The van der Waals surface area contributed by atoms with Crippen molar-refractivity contribution in [2.75, 3.05) is 13.5 Å². The van der Waals surface area contributed by atoms with Gasteiger partial charge in [0.25, 0.3) is 0 Å². The standard InChI is InChI=1S/C18H31N3O3/c1-21-14-16(23)24-18(12-13-18)11-9-7-5-3-2-4-6-8-10-15(22)20-17(21)19/h2-14H2,1H3,(H2,19,20,22)/i1D3. The Morgan fingerprint density at radius 1 is 1.04 bits per heavy atom. The molecule has 1 aliphatic carbocycles. The first-order valence-corrected chi connectivity index (χ1v) is 9.08. The number of esters is 1. The molecule has 0 saturated heterocycles. The molecule has 1 heterocycles. The van der Waals surface area contributed by atoms with Gasteiger partial charge < -0.3 is 15.4 Å². The summed E-state index contributed by atoms with van der Waals surface area (Å²) in [6.07, 6.45) is 11.0. The van der Waals surface area contributed by atoms with Crippen LogP contribution in [0.1, 0.15) is 81.2 Å². The lowest BCUT2D eigenvalue weighted by Crippen LogP contribution is -2.40. The van der Waals surface area contributed by atoms with Gasteiger partial charge in [-0.3, -0.25) is 9.59 Å². The first-order chi connectivity index (χ1) is 12.7. The minimum absolute atomic E-state index is 0.225. The van der Waals surface area contributed by atoms with Gasteiger partial charge in [0.05, 0.1) is 0 Å². The number of likely N-dealkylation sites (N-methyl/N-ethyl adjacent to an activating group) is 1. The van der Waals surface area contributed by atoms with Gasteiger partial charge in [-0.25, -0.2) is 0 Å². The molecule has 0 aromatic rings. The molecule has 136 valence electrons. The number of guanidine groups is 1. The van der Waals surface area contributed by atoms with Crippen LogP contribution in [-0.2, 0) is 14.3 Å². The summed E-state index contributed by atoms with van der Waals surface area (Å²) < 4.78 is 28.4. The summed E-state index contributed by atoms with van der Waals surface area (Å²) in [6.45, 7) is -3.22. The van der Waals surface area contributed by atoms with E-state index in [0.717, 1.165) is 57.8 Å². The van der Waals surface area contributed by atoms with E-state index in [9.17, 15) is 9.59 Å². The zero-order chi connectivity index (χ0) is 19.9. The summed E-state index contributed by atoms with van der Waals surface area (Å²) in [6, 6.07) is 0. The molecule has 0 unspecified atom stereocenters. The van der Waals surface area contributed by atoms with Crippen molar-refractivity contribution < 1.29 is 18.4 Å². The SMILES string of the molecule is [2H]C([2H])([2H])N1CC(=O)OC2(CCCCCCCCCCC(=O)N=C1N)CC2. The number of hydrogen-bond donors (Lipinski definition) is 1. The quantitative estimate of drug-likeness (QED) is 0.685. The second-order valence-electron chi connectivity index (χ2n) is 6.94. The lowest BCUT2D eigenvalue weighted by atomic mass is 10.0. The smallest absolute Gasteiger partial charge is 0.326 e. The van der Waals surface area contributed by atoms with Crippen molar-refractivity contribution in [3.63, 3.8) is 0 Å². The van der Waals surface area contributed by atoms with Gasteiger partial charge in [0, 0.05) is 17.5 Å². The molecular weight excluding hydrogens is 306 g/mol. The minimum Gasteiger partial charge on any atom is -0.458 e. The number of carbonyl (C=O) groups excluding carboxylic acids is 2. The predicted molar refractivity (Wildman–Crippen MR) is 93.5 cm³/mol. The number of rotatable bonds is 0. The molecule has 24 heavy (non-hydrogen) atoms. The number of nitrogens with zero attached hydrogens (tertiary/aromatic N) is 2. The van der Waals surface area contributed by atoms with Crippen LogP contribution in [-0.4, -0.2) is 41.9 Å². The Kier molecular flexibility index (Phi) is 5.55. The van der Waals surface area contributed by atoms with Gasteiger partial charge in [-0.1, -0.05) is 38.5 Å². The number of amides is 1. The summed E-state index contributed by atoms with van der Waals surface area (Å²) in [5.41, 5.74) is 5.30. The third kappa shape index (κ3) is 6.49. The molecule has 0 radical (unpaired) electrons. The zero-order valence-electron chi connectivity index (χ0n) is 17.4. The summed E-state index contributed by atoms with van der Waals surface area (Å²) in [4.78, 5) is 28.6. The monoisotopic (exact) mass is 340 g/mol. The van der Waals surface area contributed by atoms with Crippen LogP contribution in [0.25, 0.3) is 0 Å². The molecule has 2 N–H and O–H groups in total. The molecule has 0 bridgehead atoms. The molecule has 0 aromatic carbocycles. The molecule has 1 fully saturated rings. The fraction of sp³-hybridized carbons (Fsp3) is 0.833. The van der Waals surface area contributed by atoms with Gasteiger partial charge in [-0.05, 0) is 32.1 Å². The van der Waals surface area contributed by atoms with Crippen LogP contribution in [0.2, 0.25) is 0 Å². The molecular formula is C18H31N3O3. The third-order valence-corrected chi connectivity index (χ3v) is 4.71. The van der Waals surface area contributed by atoms with Crippen molar-refractivity contribution in [1.29, 1.82) is 0 Å². The molecule has 1 amide bonds. The van der Waals surface area contributed by atoms with E-state index in [2.05, 4.69) is 4.99 Å². The van der Waals surface area contributed by atoms with Crippen molar-refractivity contribution in [2.24, 2.45) is 10.7 Å². The minimum atomic E-state index is -2.68. The number of aliphatic imine (C=N–C) groups is 1. The van der Waals surface area contributed by atoms with Crippen molar-refractivity contribution in [2.45, 2.75) is 82.7 Å². The third-order valence-electron chi connectivity index (χ3n) is 4.71. The highest BCUT2D eigenvalue weighted by Gasteiger charge is 2.46. The largest absolute Gasteiger partial charge is 0.458 e. The van der Waals surface area contributed by atoms with Crippen LogP contribution in [0.3, 0.4) is 0 Å². The van der Waals surface area contributed by atoms with Crippen molar-refractivity contribution in [1.82, 2.24) is 4.90 Å². The predicted octanol–water partition coefficient (Wildman–Crippen LogP) is 2.75. The second kappa shape index (κ2) is 9.04. The lowest BCUT2D eigenvalue weighted by Gasteiger charge is -2.21. The van der Waals surface area contributed by atoms with Crippen LogP contribution in [0, 0.1) is 0 Å². The molecule has 2 aliphatic rings. The number of hydrogen-bond acceptors (Lipinski definition) is 5. The topological polar surface area (TPSA) is 85.0 Å². The van der Waals surface area contributed by atoms with E-state index in [0.29, 0.717) is 11.3 Å². The Bertz CT molecular complexity index is 560. The van der Waals surface area contributed by atoms with Gasteiger partial charge in [0.2, 0.25) is 5.91 Å². The van der Waals surface area contributed by atoms with E-state index in [4.69, 9.17) is 14.6 Å². The van der Waals surface area contributed by atoms with Gasteiger partial charge in [-0.15, -0.1) is 0 Å². The van der Waals surface area contributed by atoms with E-state index in [1.807, 2.05) is 0 Å². The first-order valence-electron chi connectivity index (χ1n) is 10.6. The Morgan fingerprint density at radius 3 is 2.29 bits per heavy atom. The highest BCUT2D eigenvalue weighted by atomic mass is 16.6. The number of carbonyl (C=O) groups is 2. The maximum absolute atomic E-state index is 12.3. The maximum atomic E-state index is 12.3. The van der Waals surface area contributed by atoms with E-state index in [1.54, 1.807) is 0 Å². The van der Waals surface area contributed by atoms with Gasteiger partial charge in [-0.2, -0.15) is 4.99 Å². The summed E-state index contributed by atoms with van der Waals surface area (Å²) >= 11 is 0. The van der Waals surface area contributed by atoms with Crippen molar-refractivity contribution >= 4 is 17.8 Å². The second-order valence-corrected chi connectivity index (χ2v) is 6.94. The molecule has 1 saturated carbocycles. The van der Waals surface area contributed by atoms with Crippen LogP contribution >= 0.6 is 0 Å². The highest BCUT2D eigenvalue weighted by Crippen LogP contribution is 2.44. The average molecular weight is 340 g/mol. The maximum Gasteiger partial charge on any atom is 0.326 e. The summed E-state index contributed by atoms with van der Waals surface area (Å²) in [5.74, 6) is -1.56. The highest BCUT2D eigenvalue weighted by molar-refractivity contribution is 5.93. The van der Waals surface area contributed by atoms with E-state index in [1.165, 1.54) is 6.42 Å². The molecule has 0 atom stereocenters. The normalized spacial score (nSPS) is 27.1. The van der Waals surface area contributed by atoms with Crippen molar-refractivity contribution in [3.8, 4) is 0 Å². The average Bonchev–Trinajstić information content (AvgIpc) is 3.32. The molecule has 0 aromatic heterocycles. The molecule has 1 aliphatic heterocycles. The van der Waals surface area contributed by atoms with Crippen LogP contribution < -0.4 is 5.73 Å². The number of ether oxygens (including phenoxy) is 1. The molecule has 6 heteroatoms. The zero-order valence-corrected chi connectivity index (χ0v) is 14.4.